The lowest BCUT2D eigenvalue weighted by Gasteiger charge is -2.30. The van der Waals surface area contributed by atoms with Gasteiger partial charge in [0.15, 0.2) is 0 Å². The molecule has 2 nitrogen and oxygen atoms in total. The first-order chi connectivity index (χ1) is 12.3. The van der Waals surface area contributed by atoms with Crippen LogP contribution in [0.4, 0.5) is 0 Å². The van der Waals surface area contributed by atoms with E-state index in [2.05, 4.69) is 13.8 Å². The minimum Gasteiger partial charge on any atom is -0.372 e. The number of unbranched alkanes of at least 4 members (excludes halogenated alkanes) is 10. The van der Waals surface area contributed by atoms with Crippen molar-refractivity contribution in [3.05, 3.63) is 0 Å². The van der Waals surface area contributed by atoms with Gasteiger partial charge in [-0.15, -0.1) is 0 Å². The summed E-state index contributed by atoms with van der Waals surface area (Å²) >= 11 is 0. The number of hydrogen-bond acceptors (Lipinski definition) is 2. The highest BCUT2D eigenvalue weighted by atomic mass is 16.5. The van der Waals surface area contributed by atoms with Crippen LogP contribution in [0.3, 0.4) is 0 Å². The van der Waals surface area contributed by atoms with Crippen molar-refractivity contribution in [1.29, 1.82) is 0 Å². The Balaban J connectivity index is 2.32. The van der Waals surface area contributed by atoms with Crippen molar-refractivity contribution in [2.75, 3.05) is 0 Å². The zero-order valence-corrected chi connectivity index (χ0v) is 17.2. The van der Waals surface area contributed by atoms with Gasteiger partial charge in [-0.2, -0.15) is 0 Å². The zero-order chi connectivity index (χ0) is 18.2. The number of rotatable bonds is 17. The first-order valence-electron chi connectivity index (χ1n) is 11.4. The number of ether oxygens (including phenoxy) is 1. The van der Waals surface area contributed by atoms with Crippen LogP contribution in [0, 0.1) is 0 Å². The number of carbonyl (C=O) groups excluding carboxylic acids is 1. The van der Waals surface area contributed by atoms with Crippen LogP contribution in [0.15, 0.2) is 0 Å². The minimum absolute atomic E-state index is 0.170. The van der Waals surface area contributed by atoms with Crippen molar-refractivity contribution >= 4 is 6.29 Å². The molecule has 2 unspecified atom stereocenters. The van der Waals surface area contributed by atoms with E-state index in [1.807, 2.05) is 0 Å². The van der Waals surface area contributed by atoms with Gasteiger partial charge in [0.1, 0.15) is 6.29 Å². The highest BCUT2D eigenvalue weighted by Crippen LogP contribution is 2.40. The van der Waals surface area contributed by atoms with Gasteiger partial charge in [-0.05, 0) is 38.5 Å². The van der Waals surface area contributed by atoms with E-state index < -0.39 is 0 Å². The Labute approximate surface area is 157 Å². The van der Waals surface area contributed by atoms with Crippen molar-refractivity contribution in [1.82, 2.24) is 0 Å². The predicted octanol–water partition coefficient (Wildman–Crippen LogP) is 7.38. The van der Waals surface area contributed by atoms with Crippen LogP contribution in [0.1, 0.15) is 129 Å². The highest BCUT2D eigenvalue weighted by molar-refractivity contribution is 5.48. The summed E-state index contributed by atoms with van der Waals surface area (Å²) in [6, 6.07) is 0. The van der Waals surface area contributed by atoms with Gasteiger partial charge >= 0.3 is 0 Å². The Morgan fingerprint density at radius 3 is 2.00 bits per heavy atom. The van der Waals surface area contributed by atoms with Gasteiger partial charge in [-0.1, -0.05) is 84.5 Å². The van der Waals surface area contributed by atoms with Gasteiger partial charge < -0.3 is 9.53 Å². The standard InChI is InChI=1S/C23H44O2/c1-3-5-7-9-10-11-14-19-23(18-13-8-6-4-2)20-17-22(25-23)16-12-15-21-24/h21-22H,3-20H2,1-2H3. The summed E-state index contributed by atoms with van der Waals surface area (Å²) in [7, 11) is 0. The lowest BCUT2D eigenvalue weighted by molar-refractivity contribution is -0.108. The normalized spacial score (nSPS) is 23.2. The molecule has 25 heavy (non-hydrogen) atoms. The van der Waals surface area contributed by atoms with Crippen LogP contribution in [0.5, 0.6) is 0 Å². The summed E-state index contributed by atoms with van der Waals surface area (Å²) in [5, 5.41) is 0. The first kappa shape index (κ1) is 22.7. The molecule has 2 atom stereocenters. The Morgan fingerprint density at radius 2 is 1.40 bits per heavy atom. The Kier molecular flexibility index (Phi) is 13.4. The summed E-state index contributed by atoms with van der Waals surface area (Å²) in [5.41, 5.74) is 0.170. The molecule has 1 aliphatic heterocycles. The van der Waals surface area contributed by atoms with Crippen molar-refractivity contribution in [3.63, 3.8) is 0 Å². The molecule has 1 heterocycles. The fourth-order valence-electron chi connectivity index (χ4n) is 4.30. The SMILES string of the molecule is CCCCCCCCCC1(CCCCCC)CCC(CCCC=O)O1. The van der Waals surface area contributed by atoms with Crippen molar-refractivity contribution in [3.8, 4) is 0 Å². The van der Waals surface area contributed by atoms with E-state index in [1.54, 1.807) is 0 Å². The lowest BCUT2D eigenvalue weighted by atomic mass is 9.87. The number of aldehydes is 1. The third kappa shape index (κ3) is 10.4. The second kappa shape index (κ2) is 14.8. The van der Waals surface area contributed by atoms with Crippen LogP contribution in [-0.2, 0) is 9.53 Å². The average Bonchev–Trinajstić information content (AvgIpc) is 3.02. The Bertz CT molecular complexity index is 315. The third-order valence-corrected chi connectivity index (χ3v) is 5.91. The second-order valence-electron chi connectivity index (χ2n) is 8.24. The smallest absolute Gasteiger partial charge is 0.119 e. The molecule has 0 spiro atoms. The maximum absolute atomic E-state index is 10.5. The molecular formula is C23H44O2. The Morgan fingerprint density at radius 1 is 0.840 bits per heavy atom. The fraction of sp³-hybridized carbons (Fsp3) is 0.957. The molecule has 0 aromatic carbocycles. The van der Waals surface area contributed by atoms with Gasteiger partial charge in [-0.3, -0.25) is 0 Å². The van der Waals surface area contributed by atoms with Crippen molar-refractivity contribution in [2.24, 2.45) is 0 Å². The maximum Gasteiger partial charge on any atom is 0.119 e. The number of hydrogen-bond donors (Lipinski definition) is 0. The second-order valence-corrected chi connectivity index (χ2v) is 8.24. The van der Waals surface area contributed by atoms with E-state index in [-0.39, 0.29) is 5.60 Å². The van der Waals surface area contributed by atoms with Gasteiger partial charge in [0.2, 0.25) is 0 Å². The lowest BCUT2D eigenvalue weighted by Crippen LogP contribution is -2.29. The van der Waals surface area contributed by atoms with Crippen LogP contribution in [-0.4, -0.2) is 18.0 Å². The van der Waals surface area contributed by atoms with Crippen LogP contribution >= 0.6 is 0 Å². The quantitative estimate of drug-likeness (QED) is 0.201. The molecule has 0 bridgehead atoms. The van der Waals surface area contributed by atoms with E-state index in [4.69, 9.17) is 4.74 Å². The largest absolute Gasteiger partial charge is 0.372 e. The molecule has 1 rings (SSSR count). The molecule has 0 amide bonds. The van der Waals surface area contributed by atoms with Gasteiger partial charge in [0.25, 0.3) is 0 Å². The molecule has 1 aliphatic rings. The van der Waals surface area contributed by atoms with Crippen molar-refractivity contribution in [2.45, 2.75) is 141 Å². The van der Waals surface area contributed by atoms with E-state index >= 15 is 0 Å². The monoisotopic (exact) mass is 352 g/mol. The minimum atomic E-state index is 0.170. The van der Waals surface area contributed by atoms with Crippen LogP contribution in [0.25, 0.3) is 0 Å². The molecule has 0 radical (unpaired) electrons. The maximum atomic E-state index is 10.5. The summed E-state index contributed by atoms with van der Waals surface area (Å²) < 4.78 is 6.61. The zero-order valence-electron chi connectivity index (χ0n) is 17.2. The predicted molar refractivity (Wildman–Crippen MR) is 108 cm³/mol. The summed E-state index contributed by atoms with van der Waals surface area (Å²) in [5.74, 6) is 0. The van der Waals surface area contributed by atoms with Gasteiger partial charge in [-0.25, -0.2) is 0 Å². The average molecular weight is 353 g/mol. The molecule has 1 fully saturated rings. The summed E-state index contributed by atoms with van der Waals surface area (Å²) in [4.78, 5) is 10.5. The van der Waals surface area contributed by atoms with Gasteiger partial charge in [0, 0.05) is 6.42 Å². The molecule has 0 aromatic heterocycles. The topological polar surface area (TPSA) is 26.3 Å². The molecule has 148 valence electrons. The summed E-state index contributed by atoms with van der Waals surface area (Å²) in [6.07, 6.45) is 24.2. The van der Waals surface area contributed by atoms with Crippen molar-refractivity contribution < 1.29 is 9.53 Å². The molecule has 1 saturated heterocycles. The van der Waals surface area contributed by atoms with Gasteiger partial charge in [0.05, 0.1) is 11.7 Å². The molecule has 0 saturated carbocycles. The highest BCUT2D eigenvalue weighted by Gasteiger charge is 2.38. The summed E-state index contributed by atoms with van der Waals surface area (Å²) in [6.45, 7) is 4.56. The molecule has 2 heteroatoms. The molecule has 0 aromatic rings. The fourth-order valence-corrected chi connectivity index (χ4v) is 4.30. The first-order valence-corrected chi connectivity index (χ1v) is 11.4. The van der Waals surface area contributed by atoms with E-state index in [0.29, 0.717) is 12.5 Å². The van der Waals surface area contributed by atoms with Crippen LogP contribution < -0.4 is 0 Å². The molecule has 0 N–H and O–H groups in total. The van der Waals surface area contributed by atoms with E-state index in [0.717, 1.165) is 19.1 Å². The molecule has 0 aliphatic carbocycles. The third-order valence-electron chi connectivity index (χ3n) is 5.91. The number of carbonyl (C=O) groups is 1. The van der Waals surface area contributed by atoms with Crippen LogP contribution in [0.2, 0.25) is 0 Å². The van der Waals surface area contributed by atoms with E-state index in [1.165, 1.54) is 96.3 Å². The molecular weight excluding hydrogens is 308 g/mol. The Hall–Kier alpha value is -0.370. The van der Waals surface area contributed by atoms with E-state index in [9.17, 15) is 4.79 Å².